The fraction of sp³-hybridized carbons (Fsp3) is 0.250. The number of carbonyl (C=O) groups excluding carboxylic acids is 1. The summed E-state index contributed by atoms with van der Waals surface area (Å²) >= 11 is 0. The number of carbonyl (C=O) groups is 1. The van der Waals surface area contributed by atoms with Crippen molar-refractivity contribution in [2.45, 2.75) is 12.2 Å². The second-order valence-electron chi connectivity index (χ2n) is 3.43. The van der Waals surface area contributed by atoms with Crippen LogP contribution in [0.25, 0.3) is 0 Å². The summed E-state index contributed by atoms with van der Waals surface area (Å²) in [5.41, 5.74) is 5.22. The van der Waals surface area contributed by atoms with Gasteiger partial charge in [0.05, 0.1) is 0 Å². The summed E-state index contributed by atoms with van der Waals surface area (Å²) in [6.45, 7) is 3.76. The Morgan fingerprint density at radius 3 is 2.71 bits per heavy atom. The van der Waals surface area contributed by atoms with Crippen LogP contribution in [0.1, 0.15) is 11.7 Å². The minimum atomic E-state index is -1.66. The number of hydrogen-bond donors (Lipinski definition) is 3. The summed E-state index contributed by atoms with van der Waals surface area (Å²) in [5.74, 6) is -0.615. The number of hydrogen-bond acceptors (Lipinski definition) is 4. The van der Waals surface area contributed by atoms with Crippen LogP contribution in [0.15, 0.2) is 36.9 Å². The van der Waals surface area contributed by atoms with E-state index in [0.717, 1.165) is 0 Å². The topological polar surface area (TPSA) is 92.8 Å². The summed E-state index contributed by atoms with van der Waals surface area (Å²) in [5, 5.41) is 19.2. The van der Waals surface area contributed by atoms with Crippen molar-refractivity contribution in [3.8, 4) is 5.75 Å². The van der Waals surface area contributed by atoms with Crippen molar-refractivity contribution >= 4 is 5.91 Å². The Kier molecular flexibility index (Phi) is 4.68. The molecule has 1 aromatic rings. The lowest BCUT2D eigenvalue weighted by atomic mass is 10.0. The van der Waals surface area contributed by atoms with Crippen LogP contribution in [0.2, 0.25) is 0 Å². The molecule has 1 rings (SSSR count). The Balaban J connectivity index is 2.95. The number of ether oxygens (including phenoxy) is 1. The number of nitrogens with two attached hydrogens (primary N) is 1. The second kappa shape index (κ2) is 6.03. The van der Waals surface area contributed by atoms with Gasteiger partial charge in [0.2, 0.25) is 5.91 Å². The SMILES string of the molecule is C=CCOc1ccccc1C(O)C(O)C(N)=O. The van der Waals surface area contributed by atoms with Crippen molar-refractivity contribution in [2.75, 3.05) is 6.61 Å². The predicted molar refractivity (Wildman–Crippen MR) is 62.3 cm³/mol. The van der Waals surface area contributed by atoms with Crippen molar-refractivity contribution in [1.29, 1.82) is 0 Å². The molecule has 0 saturated carbocycles. The molecule has 0 aliphatic heterocycles. The molecule has 2 unspecified atom stereocenters. The molecule has 0 heterocycles. The van der Waals surface area contributed by atoms with Crippen molar-refractivity contribution < 1.29 is 19.7 Å². The first-order chi connectivity index (χ1) is 8.07. The van der Waals surface area contributed by atoms with Crippen LogP contribution in [-0.2, 0) is 4.79 Å². The lowest BCUT2D eigenvalue weighted by Gasteiger charge is -2.18. The van der Waals surface area contributed by atoms with Crippen LogP contribution in [0.5, 0.6) is 5.75 Å². The van der Waals surface area contributed by atoms with Gasteiger partial charge in [-0.3, -0.25) is 4.79 Å². The fourth-order valence-electron chi connectivity index (χ4n) is 1.33. The highest BCUT2D eigenvalue weighted by Gasteiger charge is 2.25. The molecule has 0 bridgehead atoms. The number of amides is 1. The van der Waals surface area contributed by atoms with E-state index in [1.807, 2.05) is 0 Å². The Morgan fingerprint density at radius 1 is 1.47 bits per heavy atom. The molecule has 0 spiro atoms. The summed E-state index contributed by atoms with van der Waals surface area (Å²) < 4.78 is 5.30. The zero-order valence-electron chi connectivity index (χ0n) is 9.24. The van der Waals surface area contributed by atoms with Crippen LogP contribution in [0.3, 0.4) is 0 Å². The van der Waals surface area contributed by atoms with Gasteiger partial charge in [-0.1, -0.05) is 30.9 Å². The molecule has 1 amide bonds. The maximum absolute atomic E-state index is 10.8. The first-order valence-corrected chi connectivity index (χ1v) is 5.06. The zero-order chi connectivity index (χ0) is 12.8. The number of aliphatic hydroxyl groups is 2. The molecule has 0 aromatic heterocycles. The summed E-state index contributed by atoms with van der Waals surface area (Å²) in [6, 6.07) is 6.54. The Morgan fingerprint density at radius 2 is 2.12 bits per heavy atom. The van der Waals surface area contributed by atoms with Crippen molar-refractivity contribution in [1.82, 2.24) is 0 Å². The highest BCUT2D eigenvalue weighted by atomic mass is 16.5. The monoisotopic (exact) mass is 237 g/mol. The second-order valence-corrected chi connectivity index (χ2v) is 3.43. The van der Waals surface area contributed by atoms with E-state index in [4.69, 9.17) is 10.5 Å². The number of rotatable bonds is 6. The quantitative estimate of drug-likeness (QED) is 0.613. The largest absolute Gasteiger partial charge is 0.489 e. The van der Waals surface area contributed by atoms with E-state index >= 15 is 0 Å². The van der Waals surface area contributed by atoms with Gasteiger partial charge < -0.3 is 20.7 Å². The molecular weight excluding hydrogens is 222 g/mol. The molecule has 5 nitrogen and oxygen atoms in total. The van der Waals surface area contributed by atoms with Crippen LogP contribution < -0.4 is 10.5 Å². The van der Waals surface area contributed by atoms with E-state index in [9.17, 15) is 15.0 Å². The summed E-state index contributed by atoms with van der Waals surface area (Å²) in [7, 11) is 0. The minimum Gasteiger partial charge on any atom is -0.489 e. The van der Waals surface area contributed by atoms with Gasteiger partial charge in [0.1, 0.15) is 18.5 Å². The van der Waals surface area contributed by atoms with Gasteiger partial charge in [-0.2, -0.15) is 0 Å². The number of aliphatic hydroxyl groups excluding tert-OH is 2. The molecule has 0 radical (unpaired) electrons. The number of para-hydroxylation sites is 1. The molecular formula is C12H15NO4. The molecule has 92 valence electrons. The summed E-state index contributed by atoms with van der Waals surface area (Å²) in [6.07, 6.45) is -1.52. The Hall–Kier alpha value is -1.85. The molecule has 0 fully saturated rings. The van der Waals surface area contributed by atoms with Gasteiger partial charge >= 0.3 is 0 Å². The van der Waals surface area contributed by atoms with Crippen LogP contribution in [0.4, 0.5) is 0 Å². The van der Waals surface area contributed by atoms with E-state index < -0.39 is 18.1 Å². The van der Waals surface area contributed by atoms with Gasteiger partial charge in [0.15, 0.2) is 6.10 Å². The molecule has 5 heteroatoms. The third-order valence-electron chi connectivity index (χ3n) is 2.18. The standard InChI is InChI=1S/C12H15NO4/c1-2-7-17-9-6-4-3-5-8(9)10(14)11(15)12(13)16/h2-6,10-11,14-15H,1,7H2,(H2,13,16). The van der Waals surface area contributed by atoms with E-state index in [0.29, 0.717) is 11.3 Å². The summed E-state index contributed by atoms with van der Waals surface area (Å²) in [4.78, 5) is 10.8. The molecule has 0 saturated heterocycles. The molecule has 2 atom stereocenters. The number of benzene rings is 1. The fourth-order valence-corrected chi connectivity index (χ4v) is 1.33. The highest BCUT2D eigenvalue weighted by molar-refractivity contribution is 5.79. The van der Waals surface area contributed by atoms with Gasteiger partial charge in [-0.25, -0.2) is 0 Å². The third-order valence-corrected chi connectivity index (χ3v) is 2.18. The van der Waals surface area contributed by atoms with Gasteiger partial charge in [-0.05, 0) is 6.07 Å². The number of primary amides is 1. The Labute approximate surface area is 99.1 Å². The van der Waals surface area contributed by atoms with E-state index in [-0.39, 0.29) is 6.61 Å². The highest BCUT2D eigenvalue weighted by Crippen LogP contribution is 2.27. The van der Waals surface area contributed by atoms with Gasteiger partial charge in [0, 0.05) is 5.56 Å². The van der Waals surface area contributed by atoms with Crippen molar-refractivity contribution in [3.05, 3.63) is 42.5 Å². The Bertz CT molecular complexity index is 405. The zero-order valence-corrected chi connectivity index (χ0v) is 9.24. The molecule has 1 aromatic carbocycles. The van der Waals surface area contributed by atoms with Crippen LogP contribution in [0, 0.1) is 0 Å². The third kappa shape index (κ3) is 3.30. The van der Waals surface area contributed by atoms with Gasteiger partial charge in [-0.15, -0.1) is 0 Å². The lowest BCUT2D eigenvalue weighted by molar-refractivity contribution is -0.132. The molecule has 0 aliphatic carbocycles. The molecule has 17 heavy (non-hydrogen) atoms. The average Bonchev–Trinajstić information content (AvgIpc) is 2.34. The molecule has 0 aliphatic rings. The van der Waals surface area contributed by atoms with Crippen LogP contribution >= 0.6 is 0 Å². The maximum atomic E-state index is 10.8. The minimum absolute atomic E-state index is 0.260. The van der Waals surface area contributed by atoms with Crippen molar-refractivity contribution in [3.63, 3.8) is 0 Å². The predicted octanol–water partition coefficient (Wildman–Crippen LogP) is 0.131. The smallest absolute Gasteiger partial charge is 0.249 e. The normalized spacial score (nSPS) is 13.8. The molecule has 4 N–H and O–H groups in total. The van der Waals surface area contributed by atoms with Crippen molar-refractivity contribution in [2.24, 2.45) is 5.73 Å². The van der Waals surface area contributed by atoms with E-state index in [1.165, 1.54) is 0 Å². The van der Waals surface area contributed by atoms with E-state index in [1.54, 1.807) is 30.3 Å². The lowest BCUT2D eigenvalue weighted by Crippen LogP contribution is -2.34. The first-order valence-electron chi connectivity index (χ1n) is 5.06. The first kappa shape index (κ1) is 13.2. The maximum Gasteiger partial charge on any atom is 0.249 e. The van der Waals surface area contributed by atoms with E-state index in [2.05, 4.69) is 6.58 Å². The average molecular weight is 237 g/mol. The van der Waals surface area contributed by atoms with Crippen LogP contribution in [-0.4, -0.2) is 28.8 Å². The van der Waals surface area contributed by atoms with Gasteiger partial charge in [0.25, 0.3) is 0 Å².